The SMILES string of the molecule is C[C@@H]1CN(C(=O)Nc2cccc(C#N)c2)C[C@@H](c2ccccc2)O1. The molecular weight excluding hydrogens is 302 g/mol. The summed E-state index contributed by atoms with van der Waals surface area (Å²) in [6.07, 6.45) is -0.175. The second-order valence-electron chi connectivity index (χ2n) is 5.87. The van der Waals surface area contributed by atoms with Gasteiger partial charge in [-0.05, 0) is 30.7 Å². The summed E-state index contributed by atoms with van der Waals surface area (Å²) in [7, 11) is 0. The van der Waals surface area contributed by atoms with Crippen molar-refractivity contribution in [1.29, 1.82) is 5.26 Å². The van der Waals surface area contributed by atoms with Crippen molar-refractivity contribution in [2.45, 2.75) is 19.1 Å². The van der Waals surface area contributed by atoms with Crippen molar-refractivity contribution in [1.82, 2.24) is 4.90 Å². The maximum atomic E-state index is 12.6. The van der Waals surface area contributed by atoms with Crippen molar-refractivity contribution in [2.75, 3.05) is 18.4 Å². The highest BCUT2D eigenvalue weighted by molar-refractivity contribution is 5.89. The molecule has 5 nitrogen and oxygen atoms in total. The van der Waals surface area contributed by atoms with E-state index in [1.807, 2.05) is 37.3 Å². The standard InChI is InChI=1S/C19H19N3O2/c1-14-12-22(13-18(24-14)16-7-3-2-4-8-16)19(23)21-17-9-5-6-15(10-17)11-20/h2-10,14,18H,12-13H2,1H3,(H,21,23)/t14-,18+/m1/s1. The third-order valence-electron chi connectivity index (χ3n) is 3.96. The summed E-state index contributed by atoms with van der Waals surface area (Å²) in [4.78, 5) is 14.3. The largest absolute Gasteiger partial charge is 0.367 e. The van der Waals surface area contributed by atoms with Gasteiger partial charge in [-0.25, -0.2) is 4.79 Å². The van der Waals surface area contributed by atoms with E-state index in [1.165, 1.54) is 0 Å². The monoisotopic (exact) mass is 321 g/mol. The van der Waals surface area contributed by atoms with Crippen LogP contribution in [0.2, 0.25) is 0 Å². The Morgan fingerprint density at radius 3 is 2.75 bits per heavy atom. The lowest BCUT2D eigenvalue weighted by atomic mass is 10.1. The number of amides is 2. The minimum Gasteiger partial charge on any atom is -0.367 e. The van der Waals surface area contributed by atoms with Gasteiger partial charge in [0.05, 0.1) is 24.3 Å². The molecule has 1 N–H and O–H groups in total. The van der Waals surface area contributed by atoms with Crippen LogP contribution in [-0.4, -0.2) is 30.1 Å². The summed E-state index contributed by atoms with van der Waals surface area (Å²) in [5.74, 6) is 0. The number of hydrogen-bond donors (Lipinski definition) is 1. The van der Waals surface area contributed by atoms with Crippen LogP contribution in [0.1, 0.15) is 24.2 Å². The molecule has 1 aliphatic heterocycles. The maximum absolute atomic E-state index is 12.6. The van der Waals surface area contributed by atoms with Crippen LogP contribution in [0.3, 0.4) is 0 Å². The van der Waals surface area contributed by atoms with Gasteiger partial charge in [0.25, 0.3) is 0 Å². The fraction of sp³-hybridized carbons (Fsp3) is 0.263. The molecule has 2 aromatic rings. The van der Waals surface area contributed by atoms with E-state index in [-0.39, 0.29) is 18.2 Å². The van der Waals surface area contributed by atoms with Crippen molar-refractivity contribution in [3.63, 3.8) is 0 Å². The van der Waals surface area contributed by atoms with E-state index < -0.39 is 0 Å². The van der Waals surface area contributed by atoms with Crippen LogP contribution in [-0.2, 0) is 4.74 Å². The van der Waals surface area contributed by atoms with E-state index >= 15 is 0 Å². The van der Waals surface area contributed by atoms with Crippen LogP contribution in [0.25, 0.3) is 0 Å². The Hall–Kier alpha value is -2.84. The van der Waals surface area contributed by atoms with E-state index in [4.69, 9.17) is 10.00 Å². The molecule has 0 aliphatic carbocycles. The molecular formula is C19H19N3O2. The number of carbonyl (C=O) groups excluding carboxylic acids is 1. The van der Waals surface area contributed by atoms with Crippen LogP contribution in [0.15, 0.2) is 54.6 Å². The van der Waals surface area contributed by atoms with Crippen molar-refractivity contribution in [2.24, 2.45) is 0 Å². The number of urea groups is 1. The minimum absolute atomic E-state index is 0.0415. The maximum Gasteiger partial charge on any atom is 0.322 e. The molecule has 2 amide bonds. The molecule has 1 fully saturated rings. The Balaban J connectivity index is 1.71. The predicted molar refractivity (Wildman–Crippen MR) is 91.5 cm³/mol. The van der Waals surface area contributed by atoms with Crippen molar-refractivity contribution >= 4 is 11.7 Å². The molecule has 0 aromatic heterocycles. The lowest BCUT2D eigenvalue weighted by molar-refractivity contribution is -0.0642. The molecule has 1 aliphatic rings. The molecule has 3 rings (SSSR count). The predicted octanol–water partition coefficient (Wildman–Crippen LogP) is 3.55. The second kappa shape index (κ2) is 7.16. The molecule has 5 heteroatoms. The number of morpholine rings is 1. The highest BCUT2D eigenvalue weighted by atomic mass is 16.5. The summed E-state index contributed by atoms with van der Waals surface area (Å²) in [6.45, 7) is 3.00. The van der Waals surface area contributed by atoms with Gasteiger partial charge in [-0.15, -0.1) is 0 Å². The van der Waals surface area contributed by atoms with Crippen molar-refractivity contribution < 1.29 is 9.53 Å². The Morgan fingerprint density at radius 2 is 2.00 bits per heavy atom. The van der Waals surface area contributed by atoms with Gasteiger partial charge in [0.2, 0.25) is 0 Å². The molecule has 24 heavy (non-hydrogen) atoms. The smallest absolute Gasteiger partial charge is 0.322 e. The first-order valence-corrected chi connectivity index (χ1v) is 7.92. The van der Waals surface area contributed by atoms with Gasteiger partial charge in [-0.2, -0.15) is 5.26 Å². The minimum atomic E-state index is -0.179. The zero-order valence-corrected chi connectivity index (χ0v) is 13.5. The Labute approximate surface area is 141 Å². The summed E-state index contributed by atoms with van der Waals surface area (Å²) >= 11 is 0. The Kier molecular flexibility index (Phi) is 4.78. The average Bonchev–Trinajstić information content (AvgIpc) is 2.62. The molecule has 0 unspecified atom stereocenters. The number of nitrogens with one attached hydrogen (secondary N) is 1. The number of ether oxygens (including phenoxy) is 1. The van der Waals surface area contributed by atoms with Crippen LogP contribution in [0.5, 0.6) is 0 Å². The van der Waals surface area contributed by atoms with Gasteiger partial charge >= 0.3 is 6.03 Å². The summed E-state index contributed by atoms with van der Waals surface area (Å²) in [5.41, 5.74) is 2.20. The van der Waals surface area contributed by atoms with E-state index in [0.29, 0.717) is 24.3 Å². The summed E-state index contributed by atoms with van der Waals surface area (Å²) < 4.78 is 5.97. The molecule has 0 bridgehead atoms. The molecule has 2 atom stereocenters. The molecule has 0 spiro atoms. The fourth-order valence-corrected chi connectivity index (χ4v) is 2.84. The number of benzene rings is 2. The summed E-state index contributed by atoms with van der Waals surface area (Å²) in [5, 5.41) is 11.8. The second-order valence-corrected chi connectivity index (χ2v) is 5.87. The van der Waals surface area contributed by atoms with Crippen molar-refractivity contribution in [3.8, 4) is 6.07 Å². The van der Waals surface area contributed by atoms with Crippen molar-refractivity contribution in [3.05, 3.63) is 65.7 Å². The van der Waals surface area contributed by atoms with Gasteiger partial charge in [0, 0.05) is 12.2 Å². The number of nitrogens with zero attached hydrogens (tertiary/aromatic N) is 2. The molecule has 0 radical (unpaired) electrons. The van der Waals surface area contributed by atoms with E-state index in [0.717, 1.165) is 5.56 Å². The lowest BCUT2D eigenvalue weighted by Gasteiger charge is -2.37. The van der Waals surface area contributed by atoms with Gasteiger partial charge in [0.1, 0.15) is 6.10 Å². The highest BCUT2D eigenvalue weighted by Crippen LogP contribution is 2.25. The van der Waals surface area contributed by atoms with E-state index in [9.17, 15) is 4.79 Å². The van der Waals surface area contributed by atoms with Crippen LogP contribution >= 0.6 is 0 Å². The molecule has 1 heterocycles. The summed E-state index contributed by atoms with van der Waals surface area (Å²) in [6, 6.07) is 18.7. The number of hydrogen-bond acceptors (Lipinski definition) is 3. The molecule has 1 saturated heterocycles. The highest BCUT2D eigenvalue weighted by Gasteiger charge is 2.29. The van der Waals surface area contributed by atoms with Gasteiger partial charge in [-0.1, -0.05) is 36.4 Å². The number of rotatable bonds is 2. The van der Waals surface area contributed by atoms with Gasteiger partial charge in [-0.3, -0.25) is 0 Å². The van der Waals surface area contributed by atoms with Crippen LogP contribution in [0, 0.1) is 11.3 Å². The van der Waals surface area contributed by atoms with Crippen LogP contribution < -0.4 is 5.32 Å². The average molecular weight is 321 g/mol. The lowest BCUT2D eigenvalue weighted by Crippen LogP contribution is -2.47. The zero-order valence-electron chi connectivity index (χ0n) is 13.5. The number of anilines is 1. The third kappa shape index (κ3) is 3.73. The van der Waals surface area contributed by atoms with Gasteiger partial charge in [0.15, 0.2) is 0 Å². The van der Waals surface area contributed by atoms with Gasteiger partial charge < -0.3 is 15.0 Å². The quantitative estimate of drug-likeness (QED) is 0.920. The van der Waals surface area contributed by atoms with E-state index in [1.54, 1.807) is 29.2 Å². The normalized spacial score (nSPS) is 20.2. The molecule has 2 aromatic carbocycles. The number of carbonyl (C=O) groups is 1. The topological polar surface area (TPSA) is 65.4 Å². The first-order valence-electron chi connectivity index (χ1n) is 7.92. The molecule has 122 valence electrons. The molecule has 0 saturated carbocycles. The number of nitriles is 1. The Bertz CT molecular complexity index is 755. The zero-order chi connectivity index (χ0) is 16.9. The Morgan fingerprint density at radius 1 is 1.21 bits per heavy atom. The third-order valence-corrected chi connectivity index (χ3v) is 3.96. The first kappa shape index (κ1) is 16.0. The van der Waals surface area contributed by atoms with Crippen LogP contribution in [0.4, 0.5) is 10.5 Å². The van der Waals surface area contributed by atoms with E-state index in [2.05, 4.69) is 11.4 Å². The fourth-order valence-electron chi connectivity index (χ4n) is 2.84. The first-order chi connectivity index (χ1) is 11.7.